The lowest BCUT2D eigenvalue weighted by molar-refractivity contribution is 0.301. The summed E-state index contributed by atoms with van der Waals surface area (Å²) in [6, 6.07) is 10.6. The highest BCUT2D eigenvalue weighted by Crippen LogP contribution is 2.41. The first-order valence-electron chi connectivity index (χ1n) is 18.5. The minimum Gasteiger partial charge on any atom is -0.507 e. The van der Waals surface area contributed by atoms with E-state index in [1.807, 2.05) is 25.1 Å². The number of allylic oxidation sites excluding steroid dienone is 2. The summed E-state index contributed by atoms with van der Waals surface area (Å²) in [6.07, 6.45) is 14.5. The quantitative estimate of drug-likeness (QED) is 0.0610. The molecule has 9 heteroatoms. The number of ether oxygens (including phenoxy) is 3. The summed E-state index contributed by atoms with van der Waals surface area (Å²) in [5, 5.41) is 34.3. The van der Waals surface area contributed by atoms with Gasteiger partial charge in [0.2, 0.25) is 0 Å². The van der Waals surface area contributed by atoms with Gasteiger partial charge in [-0.15, -0.1) is 0 Å². The molecule has 0 radical (unpaired) electrons. The molecule has 0 fully saturated rings. The zero-order valence-corrected chi connectivity index (χ0v) is 31.2. The smallest absolute Gasteiger partial charge is 0.167 e. The highest BCUT2D eigenvalue weighted by atomic mass is 16.5. The van der Waals surface area contributed by atoms with Gasteiger partial charge in [-0.1, -0.05) is 64.5 Å². The molecule has 0 amide bonds. The molecule has 9 nitrogen and oxygen atoms in total. The zero-order valence-electron chi connectivity index (χ0n) is 31.2. The number of nitrogens with zero attached hydrogens (tertiary/aromatic N) is 3. The van der Waals surface area contributed by atoms with Crippen molar-refractivity contribution in [3.63, 3.8) is 0 Å². The fourth-order valence-corrected chi connectivity index (χ4v) is 5.76. The SMILES string of the molecule is C/C=C/CCCOc1ccc(-c2nc(-c3ccc(OCCCCCC)c(C)c3O)nc(-c3ccc(OCCCCCC)c(C)c3O)n2)c(O)c1C. The molecule has 0 aliphatic rings. The van der Waals surface area contributed by atoms with E-state index in [9.17, 15) is 15.3 Å². The van der Waals surface area contributed by atoms with Crippen LogP contribution in [0.2, 0.25) is 0 Å². The monoisotopic (exact) mass is 697 g/mol. The Labute approximate surface area is 303 Å². The molecule has 1 heterocycles. The van der Waals surface area contributed by atoms with Crippen molar-refractivity contribution in [1.29, 1.82) is 0 Å². The Balaban J connectivity index is 1.75. The summed E-state index contributed by atoms with van der Waals surface area (Å²) in [7, 11) is 0. The second kappa shape index (κ2) is 19.6. The molecule has 51 heavy (non-hydrogen) atoms. The first-order chi connectivity index (χ1) is 24.7. The maximum absolute atomic E-state index is 11.4. The van der Waals surface area contributed by atoms with Crippen molar-refractivity contribution in [2.24, 2.45) is 0 Å². The molecule has 0 bridgehead atoms. The van der Waals surface area contributed by atoms with Crippen LogP contribution < -0.4 is 14.2 Å². The van der Waals surface area contributed by atoms with Crippen LogP contribution >= 0.6 is 0 Å². The predicted molar refractivity (Wildman–Crippen MR) is 204 cm³/mol. The third kappa shape index (κ3) is 10.1. The van der Waals surface area contributed by atoms with E-state index in [-0.39, 0.29) is 34.7 Å². The van der Waals surface area contributed by atoms with E-state index in [2.05, 4.69) is 19.9 Å². The van der Waals surface area contributed by atoms with Gasteiger partial charge < -0.3 is 29.5 Å². The third-order valence-electron chi connectivity index (χ3n) is 9.02. The Morgan fingerprint density at radius 2 is 0.863 bits per heavy atom. The minimum atomic E-state index is -0.0245. The maximum atomic E-state index is 11.4. The zero-order chi connectivity index (χ0) is 36.8. The highest BCUT2D eigenvalue weighted by molar-refractivity contribution is 5.77. The molecule has 3 aromatic carbocycles. The average Bonchev–Trinajstić information content (AvgIpc) is 3.13. The van der Waals surface area contributed by atoms with E-state index in [0.29, 0.717) is 70.4 Å². The molecule has 0 aliphatic heterocycles. The van der Waals surface area contributed by atoms with Crippen LogP contribution in [0.25, 0.3) is 34.2 Å². The van der Waals surface area contributed by atoms with Crippen LogP contribution in [-0.2, 0) is 0 Å². The number of phenols is 3. The Kier molecular flexibility index (Phi) is 15.0. The molecule has 1 aromatic heterocycles. The number of phenolic OH excluding ortho intramolecular Hbond substituents is 3. The van der Waals surface area contributed by atoms with Crippen LogP contribution in [0.4, 0.5) is 0 Å². The van der Waals surface area contributed by atoms with Crippen molar-refractivity contribution in [3.8, 4) is 68.7 Å². The summed E-state index contributed by atoms with van der Waals surface area (Å²) in [4.78, 5) is 14.3. The molecule has 0 unspecified atom stereocenters. The number of hydrogen-bond acceptors (Lipinski definition) is 9. The van der Waals surface area contributed by atoms with Gasteiger partial charge in [0.1, 0.15) is 34.5 Å². The van der Waals surface area contributed by atoms with E-state index < -0.39 is 0 Å². The lowest BCUT2D eigenvalue weighted by atomic mass is 10.0. The molecule has 0 saturated heterocycles. The molecule has 4 aromatic rings. The average molecular weight is 698 g/mol. The van der Waals surface area contributed by atoms with Gasteiger partial charge in [-0.25, -0.2) is 15.0 Å². The summed E-state index contributed by atoms with van der Waals surface area (Å²) in [5.74, 6) is 2.24. The van der Waals surface area contributed by atoms with Crippen LogP contribution in [0.5, 0.6) is 34.5 Å². The van der Waals surface area contributed by atoms with Gasteiger partial charge >= 0.3 is 0 Å². The largest absolute Gasteiger partial charge is 0.507 e. The van der Waals surface area contributed by atoms with Crippen molar-refractivity contribution in [2.75, 3.05) is 19.8 Å². The fourth-order valence-electron chi connectivity index (χ4n) is 5.76. The predicted octanol–water partition coefficient (Wildman–Crippen LogP) is 10.6. The lowest BCUT2D eigenvalue weighted by Crippen LogP contribution is -2.04. The second-order valence-electron chi connectivity index (χ2n) is 12.9. The Morgan fingerprint density at radius 1 is 0.510 bits per heavy atom. The first-order valence-corrected chi connectivity index (χ1v) is 18.5. The van der Waals surface area contributed by atoms with Crippen molar-refractivity contribution in [3.05, 3.63) is 65.2 Å². The first kappa shape index (κ1) is 39.0. The molecule has 3 N–H and O–H groups in total. The Morgan fingerprint density at radius 3 is 1.20 bits per heavy atom. The maximum Gasteiger partial charge on any atom is 0.167 e. The van der Waals surface area contributed by atoms with Crippen molar-refractivity contribution in [1.82, 2.24) is 15.0 Å². The molecule has 274 valence electrons. The number of unbranched alkanes of at least 4 members (excludes halogenated alkanes) is 7. The highest BCUT2D eigenvalue weighted by Gasteiger charge is 2.22. The van der Waals surface area contributed by atoms with Gasteiger partial charge in [-0.05, 0) is 89.8 Å². The van der Waals surface area contributed by atoms with Gasteiger partial charge in [-0.2, -0.15) is 0 Å². The van der Waals surface area contributed by atoms with Crippen LogP contribution in [0, 0.1) is 20.8 Å². The Hall–Kier alpha value is -4.79. The topological polar surface area (TPSA) is 127 Å². The molecule has 0 aliphatic carbocycles. The van der Waals surface area contributed by atoms with Crippen LogP contribution in [0.1, 0.15) is 102 Å². The van der Waals surface area contributed by atoms with Gasteiger partial charge in [0.15, 0.2) is 17.5 Å². The van der Waals surface area contributed by atoms with Crippen molar-refractivity contribution in [2.45, 2.75) is 106 Å². The van der Waals surface area contributed by atoms with Gasteiger partial charge in [0.25, 0.3) is 0 Å². The van der Waals surface area contributed by atoms with Crippen LogP contribution in [-0.4, -0.2) is 50.1 Å². The van der Waals surface area contributed by atoms with E-state index in [1.165, 1.54) is 0 Å². The van der Waals surface area contributed by atoms with E-state index >= 15 is 0 Å². The molecular formula is C42H55N3O6. The van der Waals surface area contributed by atoms with E-state index in [0.717, 1.165) is 64.2 Å². The summed E-state index contributed by atoms with van der Waals surface area (Å²) in [6.45, 7) is 13.3. The van der Waals surface area contributed by atoms with Crippen molar-refractivity contribution < 1.29 is 29.5 Å². The second-order valence-corrected chi connectivity index (χ2v) is 12.9. The fraction of sp³-hybridized carbons (Fsp3) is 0.452. The van der Waals surface area contributed by atoms with Gasteiger partial charge in [0, 0.05) is 16.7 Å². The van der Waals surface area contributed by atoms with E-state index in [1.54, 1.807) is 45.0 Å². The Bertz CT molecular complexity index is 1680. The number of aromatic hydroxyl groups is 3. The number of rotatable bonds is 20. The van der Waals surface area contributed by atoms with Crippen LogP contribution in [0.15, 0.2) is 48.6 Å². The normalized spacial score (nSPS) is 11.3. The third-order valence-corrected chi connectivity index (χ3v) is 9.02. The molecule has 0 spiro atoms. The molecule has 0 atom stereocenters. The minimum absolute atomic E-state index is 0.0153. The van der Waals surface area contributed by atoms with E-state index in [4.69, 9.17) is 29.2 Å². The molecule has 4 rings (SSSR count). The summed E-state index contributed by atoms with van der Waals surface area (Å²) < 4.78 is 18.0. The lowest BCUT2D eigenvalue weighted by Gasteiger charge is -2.16. The van der Waals surface area contributed by atoms with Crippen molar-refractivity contribution >= 4 is 0 Å². The number of benzene rings is 3. The van der Waals surface area contributed by atoms with Crippen LogP contribution in [0.3, 0.4) is 0 Å². The molecular weight excluding hydrogens is 642 g/mol. The van der Waals surface area contributed by atoms with Gasteiger partial charge in [-0.3, -0.25) is 0 Å². The summed E-state index contributed by atoms with van der Waals surface area (Å²) in [5.41, 5.74) is 2.80. The number of aromatic nitrogens is 3. The standard InChI is InChI=1S/C42H55N3O6/c1-7-10-13-16-25-49-34-22-19-31(37(46)28(34)4)40-43-41(32-20-23-35(29(5)38(32)47)50-26-17-14-11-8-2)45-42(44-40)33-21-24-36(30(6)39(33)48)51-27-18-15-12-9-3/h7,10,19-24,46-48H,8-9,11-18,25-27H2,1-6H3/b10-7+. The number of hydrogen-bond donors (Lipinski definition) is 3. The van der Waals surface area contributed by atoms with Gasteiger partial charge in [0.05, 0.1) is 36.5 Å². The summed E-state index contributed by atoms with van der Waals surface area (Å²) >= 11 is 0. The molecule has 0 saturated carbocycles.